The predicted octanol–water partition coefficient (Wildman–Crippen LogP) is 3.74. The monoisotopic (exact) mass is 579 g/mol. The quantitative estimate of drug-likeness (QED) is 0.170. The van der Waals surface area contributed by atoms with Crippen LogP contribution in [0.4, 0.5) is 9.59 Å². The van der Waals surface area contributed by atoms with Gasteiger partial charge in [0.05, 0.1) is 24.2 Å². The Morgan fingerprint density at radius 2 is 1.76 bits per heavy atom. The Hall–Kier alpha value is -2.37. The highest BCUT2D eigenvalue weighted by molar-refractivity contribution is 5.75. The zero-order chi connectivity index (χ0) is 29.7. The Morgan fingerprint density at radius 1 is 1.05 bits per heavy atom. The van der Waals surface area contributed by atoms with Crippen molar-refractivity contribution in [2.24, 2.45) is 5.92 Å². The molecule has 0 radical (unpaired) electrons. The first-order valence-electron chi connectivity index (χ1n) is 15.2. The van der Waals surface area contributed by atoms with E-state index in [0.717, 1.165) is 25.7 Å². The van der Waals surface area contributed by atoms with Crippen molar-refractivity contribution < 1.29 is 38.1 Å². The van der Waals surface area contributed by atoms with E-state index in [0.29, 0.717) is 51.8 Å². The van der Waals surface area contributed by atoms with E-state index < -0.39 is 29.4 Å². The number of alkyl carbamates (subject to hydrolysis) is 2. The third-order valence-electron chi connectivity index (χ3n) is 9.17. The zero-order valence-corrected chi connectivity index (χ0v) is 25.3. The van der Waals surface area contributed by atoms with Crippen LogP contribution < -0.4 is 16.0 Å². The average Bonchev–Trinajstić information content (AvgIpc) is 3.80. The van der Waals surface area contributed by atoms with Crippen molar-refractivity contribution >= 4 is 18.1 Å². The SMILES string of the molecule is CCC(=O)NCCCNC(=O)OCC1(NC(=O)OC2CC[C@]3(CO3)C(C3(C)O[C@@H]3CC=C(C)C)C2OC)CCCC1. The maximum absolute atomic E-state index is 13.2. The van der Waals surface area contributed by atoms with Gasteiger partial charge in [-0.15, -0.1) is 0 Å². The number of amides is 3. The van der Waals surface area contributed by atoms with Crippen molar-refractivity contribution in [1.82, 2.24) is 16.0 Å². The second-order valence-corrected chi connectivity index (χ2v) is 12.5. The molecule has 3 N–H and O–H groups in total. The van der Waals surface area contributed by atoms with E-state index >= 15 is 0 Å². The number of ether oxygens (including phenoxy) is 5. The molecule has 11 heteroatoms. The van der Waals surface area contributed by atoms with E-state index in [1.165, 1.54) is 5.57 Å². The van der Waals surface area contributed by atoms with Crippen LogP contribution >= 0.6 is 0 Å². The van der Waals surface area contributed by atoms with Gasteiger partial charge < -0.3 is 39.6 Å². The van der Waals surface area contributed by atoms with Gasteiger partial charge in [-0.05, 0) is 59.3 Å². The van der Waals surface area contributed by atoms with Crippen LogP contribution in [0.3, 0.4) is 0 Å². The normalized spacial score (nSPS) is 33.0. The number of epoxide rings is 2. The first-order valence-corrected chi connectivity index (χ1v) is 15.2. The number of carbonyl (C=O) groups is 3. The summed E-state index contributed by atoms with van der Waals surface area (Å²) < 4.78 is 29.8. The zero-order valence-electron chi connectivity index (χ0n) is 25.3. The van der Waals surface area contributed by atoms with Gasteiger partial charge in [-0.2, -0.15) is 0 Å². The van der Waals surface area contributed by atoms with Crippen molar-refractivity contribution in [3.8, 4) is 0 Å². The first kappa shape index (κ1) is 31.6. The predicted molar refractivity (Wildman–Crippen MR) is 151 cm³/mol. The van der Waals surface area contributed by atoms with Crippen LogP contribution in [0, 0.1) is 5.92 Å². The maximum Gasteiger partial charge on any atom is 0.408 e. The van der Waals surface area contributed by atoms with Gasteiger partial charge in [0.2, 0.25) is 5.91 Å². The maximum atomic E-state index is 13.2. The molecule has 2 saturated carbocycles. The van der Waals surface area contributed by atoms with E-state index in [2.05, 4.69) is 42.8 Å². The van der Waals surface area contributed by atoms with Crippen LogP contribution in [0.15, 0.2) is 11.6 Å². The molecule has 4 fully saturated rings. The second kappa shape index (κ2) is 13.3. The second-order valence-electron chi connectivity index (χ2n) is 12.5. The molecule has 2 aliphatic heterocycles. The number of carbonyl (C=O) groups excluding carboxylic acids is 3. The molecule has 4 rings (SSSR count). The molecule has 1 spiro atoms. The number of nitrogens with one attached hydrogen (secondary N) is 3. The standard InChI is InChI=1S/C30H49N3O8/c1-6-23(34)31-16-9-17-32-26(35)38-18-29(13-7-8-14-29)33-27(36)40-21-12-15-30(19-39-30)25(24(21)37-5)28(4)22(41-28)11-10-20(2)3/h10,21-22,24-25H,6-9,11-19H2,1-5H3,(H,31,34)(H,32,35)(H,33,36)/t21?,22-,24?,25?,28?,30+/m1/s1. The molecule has 41 heavy (non-hydrogen) atoms. The van der Waals surface area contributed by atoms with E-state index in [1.807, 2.05) is 0 Å². The summed E-state index contributed by atoms with van der Waals surface area (Å²) in [6.07, 6.45) is 6.95. The molecule has 4 unspecified atom stereocenters. The van der Waals surface area contributed by atoms with Crippen LogP contribution in [0.2, 0.25) is 0 Å². The molecule has 4 aliphatic rings. The van der Waals surface area contributed by atoms with Crippen molar-refractivity contribution in [2.75, 3.05) is 33.4 Å². The number of methoxy groups -OCH3 is 1. The minimum atomic E-state index is -0.665. The summed E-state index contributed by atoms with van der Waals surface area (Å²) in [5.74, 6) is -0.0710. The Bertz CT molecular complexity index is 973. The fourth-order valence-corrected chi connectivity index (χ4v) is 6.70. The van der Waals surface area contributed by atoms with Gasteiger partial charge in [-0.1, -0.05) is 31.4 Å². The number of hydrogen-bond acceptors (Lipinski definition) is 8. The highest BCUT2D eigenvalue weighted by Crippen LogP contribution is 2.59. The Labute approximate surface area is 243 Å². The lowest BCUT2D eigenvalue weighted by atomic mass is 9.68. The van der Waals surface area contributed by atoms with Crippen molar-refractivity contribution in [2.45, 2.75) is 121 Å². The molecule has 2 aliphatic carbocycles. The van der Waals surface area contributed by atoms with Crippen molar-refractivity contribution in [1.29, 1.82) is 0 Å². The van der Waals surface area contributed by atoms with Gasteiger partial charge in [-0.25, -0.2) is 9.59 Å². The molecule has 0 aromatic carbocycles. The van der Waals surface area contributed by atoms with Gasteiger partial charge in [0, 0.05) is 26.6 Å². The molecule has 2 heterocycles. The largest absolute Gasteiger partial charge is 0.447 e. The van der Waals surface area contributed by atoms with Crippen LogP contribution in [-0.4, -0.2) is 86.6 Å². The molecule has 0 aromatic rings. The van der Waals surface area contributed by atoms with Crippen molar-refractivity contribution in [3.63, 3.8) is 0 Å². The van der Waals surface area contributed by atoms with Crippen LogP contribution in [0.1, 0.15) is 85.5 Å². The summed E-state index contributed by atoms with van der Waals surface area (Å²) in [4.78, 5) is 36.8. The molecule has 11 nitrogen and oxygen atoms in total. The Kier molecular flexibility index (Phi) is 10.2. The molecular weight excluding hydrogens is 530 g/mol. The molecular formula is C30H49N3O8. The van der Waals surface area contributed by atoms with Gasteiger partial charge in [-0.3, -0.25) is 4.79 Å². The molecule has 232 valence electrons. The van der Waals surface area contributed by atoms with Gasteiger partial charge in [0.25, 0.3) is 0 Å². The molecule has 6 atom stereocenters. The summed E-state index contributed by atoms with van der Waals surface area (Å²) in [6.45, 7) is 9.68. The number of hydrogen-bond donors (Lipinski definition) is 3. The molecule has 0 aromatic heterocycles. The summed E-state index contributed by atoms with van der Waals surface area (Å²) in [7, 11) is 1.66. The third kappa shape index (κ3) is 7.73. The van der Waals surface area contributed by atoms with E-state index in [1.54, 1.807) is 14.0 Å². The first-order chi connectivity index (χ1) is 19.6. The minimum Gasteiger partial charge on any atom is -0.447 e. The summed E-state index contributed by atoms with van der Waals surface area (Å²) in [5.41, 5.74) is -0.107. The summed E-state index contributed by atoms with van der Waals surface area (Å²) in [6, 6.07) is 0. The van der Waals surface area contributed by atoms with Crippen molar-refractivity contribution in [3.05, 3.63) is 11.6 Å². The highest BCUT2D eigenvalue weighted by Gasteiger charge is 2.72. The summed E-state index contributed by atoms with van der Waals surface area (Å²) >= 11 is 0. The van der Waals surface area contributed by atoms with E-state index in [-0.39, 0.29) is 36.2 Å². The fourth-order valence-electron chi connectivity index (χ4n) is 6.70. The van der Waals surface area contributed by atoms with Crippen LogP contribution in [-0.2, 0) is 28.5 Å². The lowest BCUT2D eigenvalue weighted by molar-refractivity contribution is -0.120. The van der Waals surface area contributed by atoms with Gasteiger partial charge >= 0.3 is 12.2 Å². The summed E-state index contributed by atoms with van der Waals surface area (Å²) in [5, 5.41) is 8.51. The lowest BCUT2D eigenvalue weighted by Crippen LogP contribution is -2.57. The number of allylic oxidation sites excluding steroid dienone is 1. The van der Waals surface area contributed by atoms with Gasteiger partial charge in [0.15, 0.2) is 0 Å². The highest BCUT2D eigenvalue weighted by atomic mass is 16.6. The molecule has 3 amide bonds. The fraction of sp³-hybridized carbons (Fsp3) is 0.833. The lowest BCUT2D eigenvalue weighted by Gasteiger charge is -2.43. The van der Waals surface area contributed by atoms with E-state index in [4.69, 9.17) is 23.7 Å². The molecule has 0 bridgehead atoms. The smallest absolute Gasteiger partial charge is 0.408 e. The van der Waals surface area contributed by atoms with E-state index in [9.17, 15) is 14.4 Å². The topological polar surface area (TPSA) is 140 Å². The average molecular weight is 580 g/mol. The van der Waals surface area contributed by atoms with Crippen LogP contribution in [0.5, 0.6) is 0 Å². The number of rotatable bonds is 13. The van der Waals surface area contributed by atoms with Gasteiger partial charge in [0.1, 0.15) is 30.0 Å². The third-order valence-corrected chi connectivity index (χ3v) is 9.17. The Balaban J connectivity index is 1.29. The minimum absolute atomic E-state index is 0.0200. The van der Waals surface area contributed by atoms with Crippen LogP contribution in [0.25, 0.3) is 0 Å². The Morgan fingerprint density at radius 3 is 2.39 bits per heavy atom. The molecule has 2 saturated heterocycles.